The molecular weight excluding hydrogens is 299 g/mol. The lowest BCUT2D eigenvalue weighted by molar-refractivity contribution is -0.123. The second-order valence-electron chi connectivity index (χ2n) is 4.87. The molecule has 4 nitrogen and oxygen atoms in total. The molecule has 0 spiro atoms. The minimum Gasteiger partial charge on any atom is -0.354 e. The van der Waals surface area contributed by atoms with Crippen LogP contribution < -0.4 is 10.2 Å². The lowest BCUT2D eigenvalue weighted by atomic mass is 10.2. The third-order valence-corrected chi connectivity index (χ3v) is 3.21. The Bertz CT molecular complexity index is 484. The highest BCUT2D eigenvalue weighted by Crippen LogP contribution is 2.33. The maximum atomic E-state index is 11.9. The summed E-state index contributed by atoms with van der Waals surface area (Å²) in [4.78, 5) is 24.9. The molecule has 1 aromatic rings. The molecule has 0 radical (unpaired) electrons. The van der Waals surface area contributed by atoms with Crippen molar-refractivity contribution in [3.8, 4) is 0 Å². The van der Waals surface area contributed by atoms with Gasteiger partial charge in [-0.2, -0.15) is 0 Å². The Labute approximate surface area is 129 Å². The molecule has 1 N–H and O–H groups in total. The number of nitrogens with one attached hydrogen (secondary N) is 1. The Morgan fingerprint density at radius 3 is 2.25 bits per heavy atom. The second kappa shape index (κ2) is 7.50. The third-order valence-electron chi connectivity index (χ3n) is 2.60. The summed E-state index contributed by atoms with van der Waals surface area (Å²) in [6.45, 7) is 5.81. The van der Waals surface area contributed by atoms with Crippen LogP contribution in [0.25, 0.3) is 0 Å². The highest BCUT2D eigenvalue weighted by Gasteiger charge is 2.20. The van der Waals surface area contributed by atoms with Crippen LogP contribution in [0.1, 0.15) is 20.8 Å². The van der Waals surface area contributed by atoms with Gasteiger partial charge in [0, 0.05) is 13.5 Å². The van der Waals surface area contributed by atoms with Crippen LogP contribution in [0.3, 0.4) is 0 Å². The fourth-order valence-corrected chi connectivity index (χ4v) is 2.21. The van der Waals surface area contributed by atoms with Crippen molar-refractivity contribution >= 4 is 40.7 Å². The number of carbonyl (C=O) groups is 2. The van der Waals surface area contributed by atoms with Crippen molar-refractivity contribution in [1.29, 1.82) is 0 Å². The summed E-state index contributed by atoms with van der Waals surface area (Å²) >= 11 is 12.1. The number of rotatable bonds is 5. The molecule has 110 valence electrons. The summed E-state index contributed by atoms with van der Waals surface area (Å²) in [6, 6.07) is 4.95. The van der Waals surface area contributed by atoms with Crippen molar-refractivity contribution in [1.82, 2.24) is 5.32 Å². The van der Waals surface area contributed by atoms with Crippen LogP contribution in [0.4, 0.5) is 5.69 Å². The minimum absolute atomic E-state index is 0.106. The maximum Gasteiger partial charge on any atom is 0.240 e. The van der Waals surface area contributed by atoms with E-state index in [0.717, 1.165) is 0 Å². The molecular formula is C14H18Cl2N2O2. The summed E-state index contributed by atoms with van der Waals surface area (Å²) < 4.78 is 0. The predicted molar refractivity (Wildman–Crippen MR) is 82.3 cm³/mol. The van der Waals surface area contributed by atoms with Crippen LogP contribution in [-0.2, 0) is 9.59 Å². The first kappa shape index (κ1) is 16.8. The van der Waals surface area contributed by atoms with Gasteiger partial charge in [-0.05, 0) is 18.1 Å². The lowest BCUT2D eigenvalue weighted by Gasteiger charge is -2.23. The molecule has 0 saturated carbocycles. The van der Waals surface area contributed by atoms with Gasteiger partial charge in [0.1, 0.15) is 6.54 Å². The zero-order chi connectivity index (χ0) is 15.3. The molecule has 0 aliphatic carbocycles. The van der Waals surface area contributed by atoms with E-state index in [2.05, 4.69) is 5.32 Å². The van der Waals surface area contributed by atoms with Gasteiger partial charge in [0.05, 0.1) is 15.7 Å². The first-order valence-corrected chi connectivity index (χ1v) is 7.07. The Morgan fingerprint density at radius 1 is 1.25 bits per heavy atom. The summed E-state index contributed by atoms with van der Waals surface area (Å²) in [5.41, 5.74) is 0.364. The van der Waals surface area contributed by atoms with Gasteiger partial charge in [-0.15, -0.1) is 0 Å². The number of benzene rings is 1. The van der Waals surface area contributed by atoms with E-state index in [0.29, 0.717) is 28.2 Å². The van der Waals surface area contributed by atoms with Gasteiger partial charge >= 0.3 is 0 Å². The summed E-state index contributed by atoms with van der Waals surface area (Å²) in [6.07, 6.45) is 0. The first-order valence-electron chi connectivity index (χ1n) is 6.31. The largest absolute Gasteiger partial charge is 0.354 e. The first-order chi connectivity index (χ1) is 9.32. The Hall–Kier alpha value is -1.26. The summed E-state index contributed by atoms with van der Waals surface area (Å²) in [5.74, 6) is -0.196. The van der Waals surface area contributed by atoms with Crippen molar-refractivity contribution in [2.45, 2.75) is 20.8 Å². The van der Waals surface area contributed by atoms with Crippen molar-refractivity contribution in [3.05, 3.63) is 28.2 Å². The zero-order valence-corrected chi connectivity index (χ0v) is 13.3. The van der Waals surface area contributed by atoms with E-state index in [1.165, 1.54) is 11.8 Å². The van der Waals surface area contributed by atoms with E-state index in [4.69, 9.17) is 23.2 Å². The highest BCUT2D eigenvalue weighted by molar-refractivity contribution is 6.40. The topological polar surface area (TPSA) is 49.4 Å². The number of halogens is 2. The van der Waals surface area contributed by atoms with E-state index in [-0.39, 0.29) is 18.4 Å². The van der Waals surface area contributed by atoms with Gasteiger partial charge in [0.2, 0.25) is 11.8 Å². The van der Waals surface area contributed by atoms with Crippen molar-refractivity contribution in [2.24, 2.45) is 5.92 Å². The smallest absolute Gasteiger partial charge is 0.240 e. The van der Waals surface area contributed by atoms with Crippen molar-refractivity contribution in [3.63, 3.8) is 0 Å². The van der Waals surface area contributed by atoms with Crippen LogP contribution in [0.2, 0.25) is 10.0 Å². The molecule has 0 aromatic heterocycles. The van der Waals surface area contributed by atoms with Crippen LogP contribution in [0.5, 0.6) is 0 Å². The van der Waals surface area contributed by atoms with Crippen LogP contribution >= 0.6 is 23.2 Å². The van der Waals surface area contributed by atoms with Gasteiger partial charge in [0.25, 0.3) is 0 Å². The number of anilines is 1. The zero-order valence-electron chi connectivity index (χ0n) is 11.7. The fourth-order valence-electron chi connectivity index (χ4n) is 1.61. The summed E-state index contributed by atoms with van der Waals surface area (Å²) in [7, 11) is 0. The SMILES string of the molecule is CC(=O)N(CC(=O)NCC(C)C)c1c(Cl)cccc1Cl. The molecule has 0 unspecified atom stereocenters. The van der Waals surface area contributed by atoms with Crippen LogP contribution in [-0.4, -0.2) is 24.9 Å². The lowest BCUT2D eigenvalue weighted by Crippen LogP contribution is -2.41. The van der Waals surface area contributed by atoms with Gasteiger partial charge in [-0.25, -0.2) is 0 Å². The average Bonchev–Trinajstić information content (AvgIpc) is 2.34. The average molecular weight is 317 g/mol. The highest BCUT2D eigenvalue weighted by atomic mass is 35.5. The molecule has 0 heterocycles. The van der Waals surface area contributed by atoms with E-state index in [9.17, 15) is 9.59 Å². The van der Waals surface area contributed by atoms with Gasteiger partial charge < -0.3 is 10.2 Å². The molecule has 0 bridgehead atoms. The number of para-hydroxylation sites is 1. The minimum atomic E-state index is -0.292. The normalized spacial score (nSPS) is 10.5. The molecule has 1 rings (SSSR count). The van der Waals surface area contributed by atoms with Gasteiger partial charge in [-0.3, -0.25) is 9.59 Å². The molecule has 0 atom stereocenters. The third kappa shape index (κ3) is 4.69. The number of hydrogen-bond donors (Lipinski definition) is 1. The standard InChI is InChI=1S/C14H18Cl2N2O2/c1-9(2)7-17-13(20)8-18(10(3)19)14-11(15)5-4-6-12(14)16/h4-6,9H,7-8H2,1-3H3,(H,17,20). The molecule has 0 saturated heterocycles. The Morgan fingerprint density at radius 2 is 1.80 bits per heavy atom. The van der Waals surface area contributed by atoms with E-state index < -0.39 is 0 Å². The van der Waals surface area contributed by atoms with E-state index >= 15 is 0 Å². The number of carbonyl (C=O) groups excluding carboxylic acids is 2. The van der Waals surface area contributed by atoms with Crippen molar-refractivity contribution in [2.75, 3.05) is 18.0 Å². The van der Waals surface area contributed by atoms with Crippen LogP contribution in [0.15, 0.2) is 18.2 Å². The van der Waals surface area contributed by atoms with Gasteiger partial charge in [0.15, 0.2) is 0 Å². The maximum absolute atomic E-state index is 11.9. The second-order valence-corrected chi connectivity index (χ2v) is 5.69. The molecule has 0 aliphatic heterocycles. The van der Waals surface area contributed by atoms with Gasteiger partial charge in [-0.1, -0.05) is 43.1 Å². The predicted octanol–water partition coefficient (Wildman–Crippen LogP) is 3.12. The molecule has 6 heteroatoms. The molecule has 0 fully saturated rings. The monoisotopic (exact) mass is 316 g/mol. The number of hydrogen-bond acceptors (Lipinski definition) is 2. The molecule has 0 aliphatic rings. The van der Waals surface area contributed by atoms with Crippen molar-refractivity contribution < 1.29 is 9.59 Å². The fraction of sp³-hybridized carbons (Fsp3) is 0.429. The molecule has 20 heavy (non-hydrogen) atoms. The van der Waals surface area contributed by atoms with E-state index in [1.807, 2.05) is 13.8 Å². The number of amides is 2. The Balaban J connectivity index is 2.90. The van der Waals surface area contributed by atoms with Crippen LogP contribution in [0, 0.1) is 5.92 Å². The molecule has 1 aromatic carbocycles. The quantitative estimate of drug-likeness (QED) is 0.907. The number of nitrogens with zero attached hydrogens (tertiary/aromatic N) is 1. The van der Waals surface area contributed by atoms with E-state index in [1.54, 1.807) is 18.2 Å². The summed E-state index contributed by atoms with van der Waals surface area (Å²) in [5, 5.41) is 3.43. The Kier molecular flexibility index (Phi) is 6.30. The molecule has 2 amide bonds.